The second-order valence-electron chi connectivity index (χ2n) is 4.97. The van der Waals surface area contributed by atoms with Crippen molar-refractivity contribution in [2.75, 3.05) is 6.61 Å². The van der Waals surface area contributed by atoms with E-state index in [1.807, 2.05) is 61.1 Å². The second-order valence-corrected chi connectivity index (χ2v) is 4.97. The quantitative estimate of drug-likeness (QED) is 0.799. The van der Waals surface area contributed by atoms with Gasteiger partial charge in [0.2, 0.25) is 0 Å². The molecule has 1 atom stereocenters. The molecule has 0 bridgehead atoms. The maximum absolute atomic E-state index is 6.47. The van der Waals surface area contributed by atoms with Crippen molar-refractivity contribution in [1.29, 1.82) is 0 Å². The minimum Gasteiger partial charge on any atom is -0.494 e. The number of hydrogen-bond donors (Lipinski definition) is 1. The summed E-state index contributed by atoms with van der Waals surface area (Å²) in [4.78, 5) is 0. The lowest BCUT2D eigenvalue weighted by Crippen LogP contribution is -2.14. The van der Waals surface area contributed by atoms with Crippen LogP contribution in [-0.4, -0.2) is 16.4 Å². The molecule has 2 aromatic carbocycles. The molecule has 108 valence electrons. The topological polar surface area (TPSA) is 53.1 Å². The van der Waals surface area contributed by atoms with Crippen molar-refractivity contribution in [3.05, 3.63) is 59.8 Å². The first-order valence-electron chi connectivity index (χ1n) is 7.11. The molecule has 0 fully saturated rings. The fourth-order valence-electron chi connectivity index (χ4n) is 2.64. The van der Waals surface area contributed by atoms with E-state index in [0.29, 0.717) is 6.61 Å². The summed E-state index contributed by atoms with van der Waals surface area (Å²) in [5.74, 6) is 0.822. The van der Waals surface area contributed by atoms with Gasteiger partial charge in [-0.2, -0.15) is 5.10 Å². The molecule has 1 aromatic heterocycles. The summed E-state index contributed by atoms with van der Waals surface area (Å²) in [6.45, 7) is 2.59. The van der Waals surface area contributed by atoms with Crippen molar-refractivity contribution >= 4 is 10.9 Å². The lowest BCUT2D eigenvalue weighted by molar-refractivity contribution is 0.335. The highest BCUT2D eigenvalue weighted by atomic mass is 16.5. The molecule has 0 radical (unpaired) electrons. The smallest absolute Gasteiger partial charge is 0.124 e. The van der Waals surface area contributed by atoms with Gasteiger partial charge in [0.25, 0.3) is 0 Å². The van der Waals surface area contributed by atoms with E-state index in [2.05, 4.69) is 11.2 Å². The lowest BCUT2D eigenvalue weighted by atomic mass is 10.0. The standard InChI is InChI=1S/C17H19N3O/c1-3-21-15-11-7-5-9-13(15)16(18)17-12-8-4-6-10-14(12)20(2)19-17/h4-11,16H,3,18H2,1-2H3. The van der Waals surface area contributed by atoms with E-state index < -0.39 is 0 Å². The molecule has 0 aliphatic rings. The molecule has 1 unspecified atom stereocenters. The fraction of sp³-hybridized carbons (Fsp3) is 0.235. The van der Waals surface area contributed by atoms with Crippen LogP contribution in [0.15, 0.2) is 48.5 Å². The van der Waals surface area contributed by atoms with Crippen molar-refractivity contribution in [3.63, 3.8) is 0 Å². The van der Waals surface area contributed by atoms with E-state index in [1.54, 1.807) is 0 Å². The Morgan fingerprint density at radius 2 is 1.86 bits per heavy atom. The van der Waals surface area contributed by atoms with E-state index in [9.17, 15) is 0 Å². The highest BCUT2D eigenvalue weighted by molar-refractivity contribution is 5.82. The number of ether oxygens (including phenoxy) is 1. The van der Waals surface area contributed by atoms with Crippen LogP contribution in [0, 0.1) is 0 Å². The Kier molecular flexibility index (Phi) is 3.62. The van der Waals surface area contributed by atoms with Gasteiger partial charge >= 0.3 is 0 Å². The van der Waals surface area contributed by atoms with E-state index in [0.717, 1.165) is 27.9 Å². The van der Waals surface area contributed by atoms with Gasteiger partial charge in [0.05, 0.1) is 23.9 Å². The van der Waals surface area contributed by atoms with Crippen molar-refractivity contribution < 1.29 is 4.74 Å². The van der Waals surface area contributed by atoms with Crippen LogP contribution >= 0.6 is 0 Å². The van der Waals surface area contributed by atoms with Gasteiger partial charge in [-0.05, 0) is 19.1 Å². The number of hydrogen-bond acceptors (Lipinski definition) is 3. The van der Waals surface area contributed by atoms with Crippen molar-refractivity contribution in [2.24, 2.45) is 12.8 Å². The van der Waals surface area contributed by atoms with Crippen LogP contribution in [0.3, 0.4) is 0 Å². The Labute approximate surface area is 124 Å². The van der Waals surface area contributed by atoms with Gasteiger partial charge < -0.3 is 10.5 Å². The molecule has 0 aliphatic carbocycles. The Bertz CT molecular complexity index is 764. The van der Waals surface area contributed by atoms with Crippen molar-refractivity contribution in [1.82, 2.24) is 9.78 Å². The predicted octanol–water partition coefficient (Wildman–Crippen LogP) is 3.02. The van der Waals surface area contributed by atoms with E-state index in [4.69, 9.17) is 10.5 Å². The first-order valence-corrected chi connectivity index (χ1v) is 7.11. The number of para-hydroxylation sites is 2. The Morgan fingerprint density at radius 1 is 1.14 bits per heavy atom. The number of rotatable bonds is 4. The zero-order valence-corrected chi connectivity index (χ0v) is 12.3. The third kappa shape index (κ3) is 2.38. The number of nitrogens with two attached hydrogens (primary N) is 1. The van der Waals surface area contributed by atoms with Gasteiger partial charge in [0.1, 0.15) is 5.75 Å². The molecule has 0 aliphatic heterocycles. The first kappa shape index (κ1) is 13.6. The van der Waals surface area contributed by atoms with Crippen LogP contribution in [0.1, 0.15) is 24.2 Å². The third-order valence-corrected chi connectivity index (χ3v) is 3.63. The molecule has 4 heteroatoms. The van der Waals surface area contributed by atoms with Crippen molar-refractivity contribution in [2.45, 2.75) is 13.0 Å². The van der Waals surface area contributed by atoms with Crippen LogP contribution in [0.25, 0.3) is 10.9 Å². The third-order valence-electron chi connectivity index (χ3n) is 3.63. The molecule has 4 nitrogen and oxygen atoms in total. The van der Waals surface area contributed by atoms with Gasteiger partial charge in [-0.25, -0.2) is 0 Å². The molecule has 0 spiro atoms. The summed E-state index contributed by atoms with van der Waals surface area (Å²) in [6.07, 6.45) is 0. The van der Waals surface area contributed by atoms with Gasteiger partial charge in [-0.15, -0.1) is 0 Å². The fourth-order valence-corrected chi connectivity index (χ4v) is 2.64. The SMILES string of the molecule is CCOc1ccccc1C(N)c1nn(C)c2ccccc12. The highest BCUT2D eigenvalue weighted by Gasteiger charge is 2.19. The molecule has 21 heavy (non-hydrogen) atoms. The van der Waals surface area contributed by atoms with Crippen LogP contribution in [0.5, 0.6) is 5.75 Å². The maximum atomic E-state index is 6.47. The van der Waals surface area contributed by atoms with E-state index >= 15 is 0 Å². The molecule has 1 heterocycles. The molecular formula is C17H19N3O. The second kappa shape index (κ2) is 5.58. The highest BCUT2D eigenvalue weighted by Crippen LogP contribution is 2.31. The normalized spacial score (nSPS) is 12.5. The number of benzene rings is 2. The van der Waals surface area contributed by atoms with E-state index in [-0.39, 0.29) is 6.04 Å². The van der Waals surface area contributed by atoms with Crippen LogP contribution in [0.2, 0.25) is 0 Å². The summed E-state index contributed by atoms with van der Waals surface area (Å²) < 4.78 is 7.55. The minimum absolute atomic E-state index is 0.307. The number of fused-ring (bicyclic) bond motifs is 1. The Balaban J connectivity index is 2.11. The number of aromatic nitrogens is 2. The van der Waals surface area contributed by atoms with Crippen LogP contribution in [0.4, 0.5) is 0 Å². The molecule has 0 saturated carbocycles. The largest absolute Gasteiger partial charge is 0.494 e. The van der Waals surface area contributed by atoms with Crippen LogP contribution < -0.4 is 10.5 Å². The zero-order chi connectivity index (χ0) is 14.8. The van der Waals surface area contributed by atoms with Gasteiger partial charge in [0, 0.05) is 18.0 Å². The summed E-state index contributed by atoms with van der Waals surface area (Å²) >= 11 is 0. The van der Waals surface area contributed by atoms with Crippen LogP contribution in [-0.2, 0) is 7.05 Å². The molecule has 0 amide bonds. The van der Waals surface area contributed by atoms with Gasteiger partial charge in [0.15, 0.2) is 0 Å². The molecule has 0 saturated heterocycles. The molecule has 2 N–H and O–H groups in total. The monoisotopic (exact) mass is 281 g/mol. The van der Waals surface area contributed by atoms with Gasteiger partial charge in [-0.3, -0.25) is 4.68 Å². The summed E-state index contributed by atoms with van der Waals surface area (Å²) in [5, 5.41) is 5.69. The van der Waals surface area contributed by atoms with E-state index in [1.165, 1.54) is 0 Å². The molecule has 3 rings (SSSR count). The Hall–Kier alpha value is -2.33. The number of nitrogens with zero attached hydrogens (tertiary/aromatic N) is 2. The maximum Gasteiger partial charge on any atom is 0.124 e. The van der Waals surface area contributed by atoms with Crippen molar-refractivity contribution in [3.8, 4) is 5.75 Å². The number of aryl methyl sites for hydroxylation is 1. The summed E-state index contributed by atoms with van der Waals surface area (Å²) in [6, 6.07) is 15.7. The molecule has 3 aromatic rings. The Morgan fingerprint density at radius 3 is 2.67 bits per heavy atom. The summed E-state index contributed by atoms with van der Waals surface area (Å²) in [5.41, 5.74) is 9.39. The minimum atomic E-state index is -0.307. The van der Waals surface area contributed by atoms with Gasteiger partial charge in [-0.1, -0.05) is 36.4 Å². The zero-order valence-electron chi connectivity index (χ0n) is 12.3. The predicted molar refractivity (Wildman–Crippen MR) is 84.4 cm³/mol. The average molecular weight is 281 g/mol. The first-order chi connectivity index (χ1) is 10.2. The molecular weight excluding hydrogens is 262 g/mol. The summed E-state index contributed by atoms with van der Waals surface area (Å²) in [7, 11) is 1.94. The average Bonchev–Trinajstić information content (AvgIpc) is 2.85. The lowest BCUT2D eigenvalue weighted by Gasteiger charge is -2.15.